The molecule has 3 rings (SSSR count). The van der Waals surface area contributed by atoms with Gasteiger partial charge in [-0.25, -0.2) is 4.98 Å². The number of H-pyrrole nitrogens is 1. The van der Waals surface area contributed by atoms with E-state index in [1.165, 1.54) is 18.5 Å². The van der Waals surface area contributed by atoms with Crippen LogP contribution in [0, 0.1) is 10.1 Å². The van der Waals surface area contributed by atoms with Crippen molar-refractivity contribution in [1.82, 2.24) is 9.97 Å². The van der Waals surface area contributed by atoms with Crippen molar-refractivity contribution in [2.24, 2.45) is 0 Å². The van der Waals surface area contributed by atoms with Crippen molar-refractivity contribution in [2.45, 2.75) is 13.0 Å². The van der Waals surface area contributed by atoms with Gasteiger partial charge in [-0.1, -0.05) is 30.3 Å². The van der Waals surface area contributed by atoms with Crippen LogP contribution in [0.15, 0.2) is 53.6 Å². The Labute approximate surface area is 149 Å². The van der Waals surface area contributed by atoms with Gasteiger partial charge in [0.15, 0.2) is 0 Å². The van der Waals surface area contributed by atoms with Gasteiger partial charge in [0.2, 0.25) is 0 Å². The first-order chi connectivity index (χ1) is 12.6. The monoisotopic (exact) mass is 354 g/mol. The smallest absolute Gasteiger partial charge is 0.293 e. The topological polar surface area (TPSA) is 110 Å². The van der Waals surface area contributed by atoms with E-state index in [9.17, 15) is 14.9 Å². The molecule has 0 aliphatic carbocycles. The number of rotatable bonds is 7. The number of hydrogen-bond acceptors (Lipinski definition) is 6. The Morgan fingerprint density at radius 1 is 1.31 bits per heavy atom. The summed E-state index contributed by atoms with van der Waals surface area (Å²) in [7, 11) is 0. The van der Waals surface area contributed by atoms with Crippen molar-refractivity contribution < 1.29 is 9.66 Å². The van der Waals surface area contributed by atoms with E-state index < -0.39 is 10.5 Å². The second-order valence-electron chi connectivity index (χ2n) is 5.61. The predicted molar refractivity (Wildman–Crippen MR) is 98.3 cm³/mol. The molecule has 1 heterocycles. The second-order valence-corrected chi connectivity index (χ2v) is 5.61. The van der Waals surface area contributed by atoms with Crippen molar-refractivity contribution in [3.63, 3.8) is 0 Å². The number of nitrogens with one attached hydrogen (secondary N) is 2. The average molecular weight is 354 g/mol. The predicted octanol–water partition coefficient (Wildman–Crippen LogP) is 3.02. The van der Waals surface area contributed by atoms with Crippen molar-refractivity contribution in [3.8, 4) is 0 Å². The number of anilines is 1. The molecule has 0 radical (unpaired) electrons. The number of aromatic nitrogens is 2. The summed E-state index contributed by atoms with van der Waals surface area (Å²) in [5, 5.41) is 14.7. The fourth-order valence-corrected chi connectivity index (χ4v) is 2.74. The number of aromatic amines is 1. The summed E-state index contributed by atoms with van der Waals surface area (Å²) in [6.07, 6.45) is 1.01. The highest BCUT2D eigenvalue weighted by Gasteiger charge is 2.19. The van der Waals surface area contributed by atoms with Crippen LogP contribution in [0.2, 0.25) is 0 Å². The third kappa shape index (κ3) is 3.70. The van der Waals surface area contributed by atoms with Gasteiger partial charge >= 0.3 is 0 Å². The molecule has 1 unspecified atom stereocenters. The van der Waals surface area contributed by atoms with E-state index in [0.717, 1.165) is 5.56 Å². The zero-order chi connectivity index (χ0) is 18.5. The van der Waals surface area contributed by atoms with Gasteiger partial charge in [-0.3, -0.25) is 14.9 Å². The molecule has 0 spiro atoms. The lowest BCUT2D eigenvalue weighted by molar-refractivity contribution is -0.383. The van der Waals surface area contributed by atoms with Gasteiger partial charge in [-0.15, -0.1) is 0 Å². The fraction of sp³-hybridized carbons (Fsp3) is 0.222. The normalized spacial score (nSPS) is 12.0. The molecule has 0 fully saturated rings. The zero-order valence-corrected chi connectivity index (χ0v) is 14.1. The van der Waals surface area contributed by atoms with Crippen LogP contribution >= 0.6 is 0 Å². The highest BCUT2D eigenvalue weighted by Crippen LogP contribution is 2.29. The fourth-order valence-electron chi connectivity index (χ4n) is 2.74. The van der Waals surface area contributed by atoms with Crippen LogP contribution in [0.25, 0.3) is 10.9 Å². The molecule has 0 aliphatic rings. The number of nitro groups is 1. The number of hydrogen-bond donors (Lipinski definition) is 2. The highest BCUT2D eigenvalue weighted by molar-refractivity contribution is 5.86. The van der Waals surface area contributed by atoms with Crippen molar-refractivity contribution in [2.75, 3.05) is 18.5 Å². The first-order valence-corrected chi connectivity index (χ1v) is 8.16. The molecule has 0 aliphatic heterocycles. The number of fused-ring (bicyclic) bond motifs is 1. The van der Waals surface area contributed by atoms with E-state index in [0.29, 0.717) is 24.4 Å². The molecule has 3 aromatic rings. The van der Waals surface area contributed by atoms with E-state index >= 15 is 0 Å². The van der Waals surface area contributed by atoms with Gasteiger partial charge in [0.25, 0.3) is 11.2 Å². The van der Waals surface area contributed by atoms with Gasteiger partial charge in [0, 0.05) is 19.2 Å². The number of nitro benzene ring substituents is 1. The van der Waals surface area contributed by atoms with E-state index in [2.05, 4.69) is 15.3 Å². The summed E-state index contributed by atoms with van der Waals surface area (Å²) in [6.45, 7) is 2.75. The molecule has 8 heteroatoms. The van der Waals surface area contributed by atoms with Crippen molar-refractivity contribution in [1.29, 1.82) is 0 Å². The first kappa shape index (κ1) is 17.6. The number of nitrogens with zero attached hydrogens (tertiary/aromatic N) is 2. The van der Waals surface area contributed by atoms with Crippen LogP contribution in [0.3, 0.4) is 0 Å². The minimum absolute atomic E-state index is 0.175. The molecule has 1 atom stereocenters. The minimum atomic E-state index is -0.521. The Morgan fingerprint density at radius 2 is 2.08 bits per heavy atom. The molecular weight excluding hydrogens is 336 g/mol. The second kappa shape index (κ2) is 7.75. The zero-order valence-electron chi connectivity index (χ0n) is 14.1. The van der Waals surface area contributed by atoms with Crippen LogP contribution in [-0.4, -0.2) is 28.0 Å². The summed E-state index contributed by atoms with van der Waals surface area (Å²) in [5.74, 6) is 0. The maximum Gasteiger partial charge on any atom is 0.293 e. The Morgan fingerprint density at radius 3 is 2.77 bits per heavy atom. The minimum Gasteiger partial charge on any atom is -0.376 e. The molecule has 2 aromatic carbocycles. The van der Waals surface area contributed by atoms with E-state index in [-0.39, 0.29) is 17.2 Å². The van der Waals surface area contributed by atoms with Crippen LogP contribution in [-0.2, 0) is 4.74 Å². The van der Waals surface area contributed by atoms with E-state index in [1.54, 1.807) is 0 Å². The first-order valence-electron chi connectivity index (χ1n) is 8.16. The Kier molecular flexibility index (Phi) is 5.23. The van der Waals surface area contributed by atoms with Gasteiger partial charge in [-0.05, 0) is 18.6 Å². The van der Waals surface area contributed by atoms with Gasteiger partial charge in [-0.2, -0.15) is 0 Å². The number of benzene rings is 2. The van der Waals surface area contributed by atoms with Crippen LogP contribution in [0.1, 0.15) is 18.6 Å². The summed E-state index contributed by atoms with van der Waals surface area (Å²) in [6, 6.07) is 12.4. The molecule has 0 saturated carbocycles. The largest absolute Gasteiger partial charge is 0.376 e. The summed E-state index contributed by atoms with van der Waals surface area (Å²) in [4.78, 5) is 29.2. The maximum absolute atomic E-state index is 11.8. The molecule has 26 heavy (non-hydrogen) atoms. The van der Waals surface area contributed by atoms with Crippen LogP contribution in [0.4, 0.5) is 11.4 Å². The Balaban J connectivity index is 1.93. The lowest BCUT2D eigenvalue weighted by Crippen LogP contribution is -2.17. The molecule has 2 N–H and O–H groups in total. The van der Waals surface area contributed by atoms with Crippen molar-refractivity contribution >= 4 is 22.3 Å². The molecule has 0 bridgehead atoms. The standard InChI is InChI=1S/C18H18N4O4/c1-2-26-17(12-6-4-3-5-7-12)10-19-15-9-14-13(8-16(15)22(24)25)18(23)21-11-20-14/h3-9,11,17,19H,2,10H2,1H3,(H,20,21,23). The highest BCUT2D eigenvalue weighted by atomic mass is 16.6. The van der Waals surface area contributed by atoms with Gasteiger partial charge in [0.1, 0.15) is 5.69 Å². The lowest BCUT2D eigenvalue weighted by atomic mass is 10.1. The molecule has 1 aromatic heterocycles. The van der Waals surface area contributed by atoms with Gasteiger partial charge in [0.05, 0.1) is 28.3 Å². The quantitative estimate of drug-likeness (QED) is 0.498. The van der Waals surface area contributed by atoms with E-state index in [4.69, 9.17) is 4.74 Å². The molecule has 134 valence electrons. The Hall–Kier alpha value is -3.26. The summed E-state index contributed by atoms with van der Waals surface area (Å²) in [5.41, 5.74) is 1.05. The van der Waals surface area contributed by atoms with E-state index in [1.807, 2.05) is 37.3 Å². The summed E-state index contributed by atoms with van der Waals surface area (Å²) < 4.78 is 5.75. The third-order valence-corrected chi connectivity index (χ3v) is 3.97. The maximum atomic E-state index is 11.8. The molecule has 0 amide bonds. The van der Waals surface area contributed by atoms with Crippen molar-refractivity contribution in [3.05, 3.63) is 74.8 Å². The SMILES string of the molecule is CCOC(CNc1cc2nc[nH]c(=O)c2cc1[N+](=O)[O-])c1ccccc1. The molecular formula is C18H18N4O4. The van der Waals surface area contributed by atoms with Gasteiger partial charge < -0.3 is 15.0 Å². The molecule has 8 nitrogen and oxygen atoms in total. The third-order valence-electron chi connectivity index (χ3n) is 3.97. The average Bonchev–Trinajstić information content (AvgIpc) is 2.65. The molecule has 0 saturated heterocycles. The van der Waals surface area contributed by atoms with Crippen LogP contribution in [0.5, 0.6) is 0 Å². The number of ether oxygens (including phenoxy) is 1. The lowest BCUT2D eigenvalue weighted by Gasteiger charge is -2.19. The summed E-state index contributed by atoms with van der Waals surface area (Å²) >= 11 is 0. The van der Waals surface area contributed by atoms with Crippen LogP contribution < -0.4 is 10.9 Å². The Bertz CT molecular complexity index is 972.